The monoisotopic (exact) mass is 309 g/mol. The summed E-state index contributed by atoms with van der Waals surface area (Å²) in [6, 6.07) is 8.28. The molecule has 1 atom stereocenters. The number of nitrogens with one attached hydrogen (secondary N) is 1. The lowest BCUT2D eigenvalue weighted by Gasteiger charge is -2.13. The number of carboxylic acid groups (broad SMARTS) is 1. The van der Waals surface area contributed by atoms with Crippen LogP contribution in [0.3, 0.4) is 0 Å². The van der Waals surface area contributed by atoms with Crippen molar-refractivity contribution in [1.29, 1.82) is 0 Å². The molecule has 1 unspecified atom stereocenters. The number of aryl methyl sites for hydroxylation is 1. The van der Waals surface area contributed by atoms with E-state index in [4.69, 9.17) is 5.11 Å². The molecule has 0 spiro atoms. The highest BCUT2D eigenvalue weighted by Crippen LogP contribution is 2.18. The minimum absolute atomic E-state index is 0.0254. The van der Waals surface area contributed by atoms with E-state index in [1.165, 1.54) is 10.5 Å². The lowest BCUT2D eigenvalue weighted by atomic mass is 10.1. The molecular weight excluding hydrogens is 286 g/mol. The fourth-order valence-electron chi connectivity index (χ4n) is 1.87. The Morgan fingerprint density at radius 1 is 1.24 bits per heavy atom. The first-order valence-electron chi connectivity index (χ1n) is 7.18. The summed E-state index contributed by atoms with van der Waals surface area (Å²) in [5, 5.41) is 11.5. The second kappa shape index (κ2) is 9.45. The van der Waals surface area contributed by atoms with E-state index in [1.54, 1.807) is 11.8 Å². The summed E-state index contributed by atoms with van der Waals surface area (Å²) in [5.41, 5.74) is 1.23. The number of carboxylic acids is 1. The lowest BCUT2D eigenvalue weighted by Crippen LogP contribution is -2.32. The van der Waals surface area contributed by atoms with E-state index in [9.17, 15) is 9.59 Å². The summed E-state index contributed by atoms with van der Waals surface area (Å²) < 4.78 is 0. The van der Waals surface area contributed by atoms with Crippen LogP contribution in [0.25, 0.3) is 0 Å². The van der Waals surface area contributed by atoms with Crippen molar-refractivity contribution >= 4 is 23.6 Å². The first-order chi connectivity index (χ1) is 9.97. The van der Waals surface area contributed by atoms with Crippen LogP contribution in [0, 0.1) is 6.92 Å². The second-order valence-corrected chi connectivity index (χ2v) is 6.33. The Morgan fingerprint density at radius 2 is 1.90 bits per heavy atom. The van der Waals surface area contributed by atoms with E-state index in [2.05, 4.69) is 29.6 Å². The third-order valence-corrected chi connectivity index (χ3v) is 4.07. The molecule has 2 N–H and O–H groups in total. The van der Waals surface area contributed by atoms with Gasteiger partial charge in [0, 0.05) is 29.5 Å². The SMILES string of the molecule is Cc1ccc(SCCC(=O)NC(C)CCCC(=O)O)cc1. The van der Waals surface area contributed by atoms with Gasteiger partial charge in [0.25, 0.3) is 0 Å². The number of hydrogen-bond acceptors (Lipinski definition) is 3. The molecule has 4 nitrogen and oxygen atoms in total. The summed E-state index contributed by atoms with van der Waals surface area (Å²) in [6.45, 7) is 3.96. The van der Waals surface area contributed by atoms with Crippen LogP contribution in [-0.4, -0.2) is 28.8 Å². The zero-order valence-corrected chi connectivity index (χ0v) is 13.4. The smallest absolute Gasteiger partial charge is 0.303 e. The molecular formula is C16H23NO3S. The number of benzene rings is 1. The Labute approximate surface area is 130 Å². The van der Waals surface area contributed by atoms with Crippen LogP contribution in [0.4, 0.5) is 0 Å². The van der Waals surface area contributed by atoms with E-state index in [0.717, 1.165) is 5.75 Å². The summed E-state index contributed by atoms with van der Waals surface area (Å²) in [4.78, 5) is 23.3. The average Bonchev–Trinajstić information content (AvgIpc) is 2.40. The van der Waals surface area contributed by atoms with Crippen LogP contribution in [0.1, 0.15) is 38.2 Å². The van der Waals surface area contributed by atoms with E-state index >= 15 is 0 Å². The average molecular weight is 309 g/mol. The highest BCUT2D eigenvalue weighted by molar-refractivity contribution is 7.99. The number of carbonyl (C=O) groups is 2. The van der Waals surface area contributed by atoms with Gasteiger partial charge >= 0.3 is 5.97 Å². The van der Waals surface area contributed by atoms with Gasteiger partial charge in [-0.1, -0.05) is 17.7 Å². The normalized spacial score (nSPS) is 11.9. The molecule has 0 saturated heterocycles. The molecule has 0 saturated carbocycles. The molecule has 1 rings (SSSR count). The fraction of sp³-hybridized carbons (Fsp3) is 0.500. The molecule has 0 aliphatic carbocycles. The van der Waals surface area contributed by atoms with Crippen molar-refractivity contribution in [3.05, 3.63) is 29.8 Å². The standard InChI is InChI=1S/C16H23NO3S/c1-12-6-8-14(9-7-12)21-11-10-15(18)17-13(2)4-3-5-16(19)20/h6-9,13H,3-5,10-11H2,1-2H3,(H,17,18)(H,19,20). The van der Waals surface area contributed by atoms with E-state index in [-0.39, 0.29) is 18.4 Å². The first kappa shape index (κ1) is 17.6. The van der Waals surface area contributed by atoms with Crippen LogP contribution in [0.15, 0.2) is 29.2 Å². The lowest BCUT2D eigenvalue weighted by molar-refractivity contribution is -0.137. The summed E-state index contributed by atoms with van der Waals surface area (Å²) in [5.74, 6) is -0.0167. The van der Waals surface area contributed by atoms with Crippen molar-refractivity contribution in [2.24, 2.45) is 0 Å². The van der Waals surface area contributed by atoms with E-state index in [1.807, 2.05) is 13.8 Å². The number of rotatable bonds is 9. The highest BCUT2D eigenvalue weighted by atomic mass is 32.2. The summed E-state index contributed by atoms with van der Waals surface area (Å²) >= 11 is 1.67. The van der Waals surface area contributed by atoms with Crippen LogP contribution < -0.4 is 5.32 Å². The van der Waals surface area contributed by atoms with E-state index in [0.29, 0.717) is 19.3 Å². The van der Waals surface area contributed by atoms with Gasteiger partial charge < -0.3 is 10.4 Å². The number of amides is 1. The molecule has 0 fully saturated rings. The molecule has 1 aromatic carbocycles. The maximum absolute atomic E-state index is 11.8. The molecule has 21 heavy (non-hydrogen) atoms. The molecule has 0 radical (unpaired) electrons. The Hall–Kier alpha value is -1.49. The van der Waals surface area contributed by atoms with Crippen molar-refractivity contribution in [1.82, 2.24) is 5.32 Å². The number of carbonyl (C=O) groups excluding carboxylic acids is 1. The molecule has 0 heterocycles. The zero-order chi connectivity index (χ0) is 15.7. The Balaban J connectivity index is 2.15. The zero-order valence-electron chi connectivity index (χ0n) is 12.6. The third-order valence-electron chi connectivity index (χ3n) is 3.05. The van der Waals surface area contributed by atoms with Gasteiger partial charge in [-0.3, -0.25) is 9.59 Å². The molecule has 0 aromatic heterocycles. The van der Waals surface area contributed by atoms with Crippen molar-refractivity contribution in [2.75, 3.05) is 5.75 Å². The Morgan fingerprint density at radius 3 is 2.52 bits per heavy atom. The van der Waals surface area contributed by atoms with Crippen LogP contribution in [0.5, 0.6) is 0 Å². The van der Waals surface area contributed by atoms with Gasteiger partial charge in [0.15, 0.2) is 0 Å². The minimum Gasteiger partial charge on any atom is -0.481 e. The Bertz CT molecular complexity index is 459. The van der Waals surface area contributed by atoms with Crippen LogP contribution in [0.2, 0.25) is 0 Å². The molecule has 0 aliphatic rings. The molecule has 1 aromatic rings. The van der Waals surface area contributed by atoms with Crippen molar-refractivity contribution in [2.45, 2.75) is 50.5 Å². The van der Waals surface area contributed by atoms with Gasteiger partial charge in [0.05, 0.1) is 0 Å². The highest BCUT2D eigenvalue weighted by Gasteiger charge is 2.08. The molecule has 116 valence electrons. The predicted octanol–water partition coefficient (Wildman–Crippen LogP) is 3.24. The number of aliphatic carboxylic acids is 1. The quantitative estimate of drug-likeness (QED) is 0.687. The fourth-order valence-corrected chi connectivity index (χ4v) is 2.73. The largest absolute Gasteiger partial charge is 0.481 e. The molecule has 1 amide bonds. The summed E-state index contributed by atoms with van der Waals surface area (Å²) in [6.07, 6.45) is 1.92. The minimum atomic E-state index is -0.789. The van der Waals surface area contributed by atoms with Crippen LogP contribution >= 0.6 is 11.8 Å². The van der Waals surface area contributed by atoms with Gasteiger partial charge in [0.1, 0.15) is 0 Å². The number of hydrogen-bond donors (Lipinski definition) is 2. The van der Waals surface area contributed by atoms with Gasteiger partial charge in [-0.25, -0.2) is 0 Å². The van der Waals surface area contributed by atoms with Gasteiger partial charge in [-0.15, -0.1) is 11.8 Å². The maximum Gasteiger partial charge on any atom is 0.303 e. The summed E-state index contributed by atoms with van der Waals surface area (Å²) in [7, 11) is 0. The van der Waals surface area contributed by atoms with Crippen molar-refractivity contribution < 1.29 is 14.7 Å². The maximum atomic E-state index is 11.8. The van der Waals surface area contributed by atoms with Crippen molar-refractivity contribution in [3.8, 4) is 0 Å². The topological polar surface area (TPSA) is 66.4 Å². The predicted molar refractivity (Wildman–Crippen MR) is 85.6 cm³/mol. The molecule has 5 heteroatoms. The molecule has 0 aliphatic heterocycles. The van der Waals surface area contributed by atoms with Gasteiger partial charge in [-0.2, -0.15) is 0 Å². The Kier molecular flexibility index (Phi) is 7.90. The van der Waals surface area contributed by atoms with Gasteiger partial charge in [0.2, 0.25) is 5.91 Å². The van der Waals surface area contributed by atoms with E-state index < -0.39 is 5.97 Å². The van der Waals surface area contributed by atoms with Crippen LogP contribution in [-0.2, 0) is 9.59 Å². The van der Waals surface area contributed by atoms with Gasteiger partial charge in [-0.05, 0) is 38.8 Å². The second-order valence-electron chi connectivity index (χ2n) is 5.17. The van der Waals surface area contributed by atoms with Crippen molar-refractivity contribution in [3.63, 3.8) is 0 Å². The third kappa shape index (κ3) is 8.40. The first-order valence-corrected chi connectivity index (χ1v) is 8.16. The molecule has 0 bridgehead atoms. The number of thioether (sulfide) groups is 1.